The van der Waals surface area contributed by atoms with Crippen molar-refractivity contribution in [3.8, 4) is 0 Å². The van der Waals surface area contributed by atoms with Crippen LogP contribution in [-0.4, -0.2) is 5.11 Å². The van der Waals surface area contributed by atoms with E-state index in [4.69, 9.17) is 0 Å². The lowest BCUT2D eigenvalue weighted by Crippen LogP contribution is -2.21. The summed E-state index contributed by atoms with van der Waals surface area (Å²) in [5.41, 5.74) is 5.02. The van der Waals surface area contributed by atoms with E-state index in [1.807, 2.05) is 0 Å². The van der Waals surface area contributed by atoms with Crippen molar-refractivity contribution in [1.82, 2.24) is 0 Å². The molecule has 1 atom stereocenters. The quantitative estimate of drug-likeness (QED) is 0.822. The molecule has 106 valence electrons. The molecule has 0 spiro atoms. The number of benzene rings is 1. The van der Waals surface area contributed by atoms with E-state index in [0.717, 1.165) is 11.5 Å². The Labute approximate surface area is 118 Å². The predicted octanol–water partition coefficient (Wildman–Crippen LogP) is 4.86. The van der Waals surface area contributed by atoms with E-state index in [9.17, 15) is 5.11 Å². The van der Waals surface area contributed by atoms with Gasteiger partial charge in [0.15, 0.2) is 0 Å². The lowest BCUT2D eigenvalue weighted by Gasteiger charge is -2.32. The van der Waals surface area contributed by atoms with Crippen LogP contribution in [0.15, 0.2) is 12.1 Å². The maximum atomic E-state index is 10.7. The van der Waals surface area contributed by atoms with Crippen LogP contribution in [0.25, 0.3) is 0 Å². The maximum Gasteiger partial charge on any atom is 0.0820 e. The van der Waals surface area contributed by atoms with Gasteiger partial charge < -0.3 is 5.11 Å². The maximum absolute atomic E-state index is 10.7. The molecule has 0 heterocycles. The Hall–Kier alpha value is -0.820. The van der Waals surface area contributed by atoms with Gasteiger partial charge in [0.25, 0.3) is 0 Å². The van der Waals surface area contributed by atoms with Crippen molar-refractivity contribution in [3.63, 3.8) is 0 Å². The minimum absolute atomic E-state index is 0.267. The first kappa shape index (κ1) is 14.6. The van der Waals surface area contributed by atoms with Crippen molar-refractivity contribution < 1.29 is 5.11 Å². The lowest BCUT2D eigenvalue weighted by molar-refractivity contribution is 0.0724. The first-order valence-corrected chi connectivity index (χ1v) is 7.78. The van der Waals surface area contributed by atoms with Crippen LogP contribution in [-0.2, 0) is 0 Å². The van der Waals surface area contributed by atoms with Gasteiger partial charge in [-0.1, -0.05) is 38.3 Å². The predicted molar refractivity (Wildman–Crippen MR) is 81.4 cm³/mol. The molecule has 1 aromatic rings. The van der Waals surface area contributed by atoms with Gasteiger partial charge in [-0.2, -0.15) is 0 Å². The van der Waals surface area contributed by atoms with Gasteiger partial charge in [-0.05, 0) is 67.7 Å². The van der Waals surface area contributed by atoms with Crippen LogP contribution in [0.2, 0.25) is 0 Å². The molecule has 1 aromatic carbocycles. The summed E-state index contributed by atoms with van der Waals surface area (Å²) >= 11 is 0. The third-order valence-corrected chi connectivity index (χ3v) is 5.12. The van der Waals surface area contributed by atoms with E-state index < -0.39 is 0 Å². The highest BCUT2D eigenvalue weighted by Crippen LogP contribution is 2.39. The smallest absolute Gasteiger partial charge is 0.0820 e. The SMILES string of the molecule is CCC1CCC(C(O)c2cc(C)c(C)cc2C)CC1. The van der Waals surface area contributed by atoms with Gasteiger partial charge in [-0.15, -0.1) is 0 Å². The van der Waals surface area contributed by atoms with Crippen molar-refractivity contribution in [3.05, 3.63) is 34.4 Å². The largest absolute Gasteiger partial charge is 0.388 e. The standard InChI is InChI=1S/C18H28O/c1-5-15-6-8-16(9-7-15)18(19)17-11-13(3)12(2)10-14(17)4/h10-11,15-16,18-19H,5-9H2,1-4H3. The van der Waals surface area contributed by atoms with Gasteiger partial charge in [0.1, 0.15) is 0 Å². The van der Waals surface area contributed by atoms with E-state index in [1.54, 1.807) is 0 Å². The van der Waals surface area contributed by atoms with Crippen molar-refractivity contribution in [2.75, 3.05) is 0 Å². The van der Waals surface area contributed by atoms with Gasteiger partial charge in [0, 0.05) is 0 Å². The summed E-state index contributed by atoms with van der Waals surface area (Å²) in [5, 5.41) is 10.7. The van der Waals surface area contributed by atoms with Gasteiger partial charge in [-0.25, -0.2) is 0 Å². The summed E-state index contributed by atoms with van der Waals surface area (Å²) in [6.45, 7) is 8.70. The number of aryl methyl sites for hydroxylation is 3. The molecule has 0 aromatic heterocycles. The molecule has 0 amide bonds. The van der Waals surface area contributed by atoms with E-state index in [2.05, 4.69) is 39.8 Å². The summed E-state index contributed by atoms with van der Waals surface area (Å²) in [4.78, 5) is 0. The summed E-state index contributed by atoms with van der Waals surface area (Å²) < 4.78 is 0. The van der Waals surface area contributed by atoms with Crippen LogP contribution in [0.1, 0.15) is 67.4 Å². The van der Waals surface area contributed by atoms with Gasteiger partial charge in [0.05, 0.1) is 6.10 Å². The van der Waals surface area contributed by atoms with Crippen LogP contribution in [0.3, 0.4) is 0 Å². The molecule has 0 aliphatic heterocycles. The molecule has 1 unspecified atom stereocenters. The third kappa shape index (κ3) is 3.20. The topological polar surface area (TPSA) is 20.2 Å². The average Bonchev–Trinajstić information content (AvgIpc) is 2.42. The number of aliphatic hydroxyl groups excluding tert-OH is 1. The van der Waals surface area contributed by atoms with Crippen LogP contribution in [0.4, 0.5) is 0 Å². The second kappa shape index (κ2) is 6.09. The molecule has 0 bridgehead atoms. The van der Waals surface area contributed by atoms with Crippen molar-refractivity contribution in [2.45, 2.75) is 65.9 Å². The molecule has 0 radical (unpaired) electrons. The van der Waals surface area contributed by atoms with Crippen molar-refractivity contribution in [1.29, 1.82) is 0 Å². The van der Waals surface area contributed by atoms with Crippen LogP contribution >= 0.6 is 0 Å². The zero-order chi connectivity index (χ0) is 14.0. The molecule has 0 saturated heterocycles. The van der Waals surface area contributed by atoms with Gasteiger partial charge >= 0.3 is 0 Å². The second-order valence-electron chi connectivity index (χ2n) is 6.43. The number of hydrogen-bond donors (Lipinski definition) is 1. The second-order valence-corrected chi connectivity index (χ2v) is 6.43. The van der Waals surface area contributed by atoms with E-state index in [1.165, 1.54) is 48.8 Å². The fourth-order valence-corrected chi connectivity index (χ4v) is 3.47. The fraction of sp³-hybridized carbons (Fsp3) is 0.667. The molecular weight excluding hydrogens is 232 g/mol. The summed E-state index contributed by atoms with van der Waals surface area (Å²) in [5.74, 6) is 1.35. The Morgan fingerprint density at radius 1 is 1.00 bits per heavy atom. The molecule has 1 aliphatic rings. The Bertz CT molecular complexity index is 428. The van der Waals surface area contributed by atoms with Gasteiger partial charge in [-0.3, -0.25) is 0 Å². The van der Waals surface area contributed by atoms with Crippen LogP contribution < -0.4 is 0 Å². The highest BCUT2D eigenvalue weighted by molar-refractivity contribution is 5.37. The minimum atomic E-state index is -0.267. The van der Waals surface area contributed by atoms with Crippen LogP contribution in [0, 0.1) is 32.6 Å². The summed E-state index contributed by atoms with van der Waals surface area (Å²) in [7, 11) is 0. The van der Waals surface area contributed by atoms with E-state index >= 15 is 0 Å². The zero-order valence-corrected chi connectivity index (χ0v) is 12.9. The Morgan fingerprint density at radius 2 is 1.58 bits per heavy atom. The highest BCUT2D eigenvalue weighted by atomic mass is 16.3. The molecular formula is C18H28O. The number of hydrogen-bond acceptors (Lipinski definition) is 1. The summed E-state index contributed by atoms with van der Waals surface area (Å²) in [6, 6.07) is 4.41. The third-order valence-electron chi connectivity index (χ3n) is 5.12. The average molecular weight is 260 g/mol. The zero-order valence-electron chi connectivity index (χ0n) is 12.9. The van der Waals surface area contributed by atoms with Gasteiger partial charge in [0.2, 0.25) is 0 Å². The molecule has 2 rings (SSSR count). The van der Waals surface area contributed by atoms with Crippen molar-refractivity contribution in [2.24, 2.45) is 11.8 Å². The Morgan fingerprint density at radius 3 is 2.16 bits per heavy atom. The number of rotatable bonds is 3. The van der Waals surface area contributed by atoms with E-state index in [-0.39, 0.29) is 6.10 Å². The molecule has 19 heavy (non-hydrogen) atoms. The first-order chi connectivity index (χ1) is 9.02. The van der Waals surface area contributed by atoms with E-state index in [0.29, 0.717) is 5.92 Å². The highest BCUT2D eigenvalue weighted by Gasteiger charge is 2.27. The molecule has 1 heteroatoms. The first-order valence-electron chi connectivity index (χ1n) is 7.78. The van der Waals surface area contributed by atoms with Crippen molar-refractivity contribution >= 4 is 0 Å². The Balaban J connectivity index is 2.12. The molecule has 1 aliphatic carbocycles. The number of aliphatic hydroxyl groups is 1. The molecule has 1 N–H and O–H groups in total. The molecule has 1 saturated carbocycles. The Kier molecular flexibility index (Phi) is 4.67. The molecule has 1 fully saturated rings. The monoisotopic (exact) mass is 260 g/mol. The fourth-order valence-electron chi connectivity index (χ4n) is 3.47. The summed E-state index contributed by atoms with van der Waals surface area (Å²) in [6.07, 6.45) is 5.99. The lowest BCUT2D eigenvalue weighted by atomic mass is 9.76. The molecule has 1 nitrogen and oxygen atoms in total. The minimum Gasteiger partial charge on any atom is -0.388 e. The van der Waals surface area contributed by atoms with Crippen LogP contribution in [0.5, 0.6) is 0 Å². The normalized spacial score (nSPS) is 25.3.